The normalized spacial score (nSPS) is 12.4. The average molecular weight is 391 g/mol. The minimum absolute atomic E-state index is 0.584. The lowest BCUT2D eigenvalue weighted by atomic mass is 10.3. The smallest absolute Gasteiger partial charge is 0.111 e. The van der Waals surface area contributed by atoms with Crippen LogP contribution in [0, 0.1) is 0 Å². The van der Waals surface area contributed by atoms with Gasteiger partial charge < -0.3 is 18.9 Å². The van der Waals surface area contributed by atoms with Crippen molar-refractivity contribution in [3.05, 3.63) is 36.3 Å². The molecule has 0 unspecified atom stereocenters. The molecule has 0 bridgehead atoms. The van der Waals surface area contributed by atoms with Gasteiger partial charge in [0, 0.05) is 0 Å². The molecule has 146 valence electrons. The van der Waals surface area contributed by atoms with Crippen molar-refractivity contribution in [1.29, 1.82) is 0 Å². The third-order valence-electron chi connectivity index (χ3n) is 2.93. The van der Waals surface area contributed by atoms with E-state index < -0.39 is 0 Å². The third-order valence-corrected chi connectivity index (χ3v) is 4.22. The molecule has 0 fully saturated rings. The highest BCUT2D eigenvalue weighted by molar-refractivity contribution is 7.98. The molecule has 4 nitrogen and oxygen atoms in total. The Labute approximate surface area is 162 Å². The van der Waals surface area contributed by atoms with Crippen molar-refractivity contribution in [2.24, 2.45) is 0 Å². The molecule has 0 aliphatic rings. The van der Waals surface area contributed by atoms with Crippen LogP contribution >= 0.6 is 23.5 Å². The topological polar surface area (TPSA) is 36.9 Å². The average Bonchev–Trinajstić information content (AvgIpc) is 2.62. The fraction of sp³-hybridized carbons (Fsp3) is 0.684. The van der Waals surface area contributed by atoms with Gasteiger partial charge in [0.05, 0.1) is 39.0 Å². The fourth-order valence-electron chi connectivity index (χ4n) is 1.57. The summed E-state index contributed by atoms with van der Waals surface area (Å²) in [5.41, 5.74) is 1.16. The molecular weight excluding hydrogens is 356 g/mol. The molecule has 0 atom stereocenters. The summed E-state index contributed by atoms with van der Waals surface area (Å²) in [6, 6.07) is 0. The van der Waals surface area contributed by atoms with Gasteiger partial charge in [-0.2, -0.15) is 23.5 Å². The SMILES string of the molecule is CSCCC=COCCOC/C=C(/C)COCCOC=CCCSC. The summed E-state index contributed by atoms with van der Waals surface area (Å²) in [5, 5.41) is 0. The van der Waals surface area contributed by atoms with Crippen molar-refractivity contribution in [3.63, 3.8) is 0 Å². The molecule has 0 N–H and O–H groups in total. The van der Waals surface area contributed by atoms with Crippen LogP contribution in [-0.2, 0) is 18.9 Å². The van der Waals surface area contributed by atoms with Crippen LogP contribution in [0.3, 0.4) is 0 Å². The van der Waals surface area contributed by atoms with Crippen LogP contribution in [0.25, 0.3) is 0 Å². The van der Waals surface area contributed by atoms with E-state index in [0.29, 0.717) is 39.6 Å². The first-order valence-electron chi connectivity index (χ1n) is 8.63. The first-order chi connectivity index (χ1) is 12.3. The molecule has 0 aliphatic heterocycles. The van der Waals surface area contributed by atoms with Gasteiger partial charge in [0.15, 0.2) is 0 Å². The highest BCUT2D eigenvalue weighted by Crippen LogP contribution is 1.98. The number of hydrogen-bond donors (Lipinski definition) is 0. The molecule has 0 aromatic carbocycles. The van der Waals surface area contributed by atoms with E-state index in [1.807, 2.05) is 48.7 Å². The maximum Gasteiger partial charge on any atom is 0.111 e. The third kappa shape index (κ3) is 21.4. The Morgan fingerprint density at radius 1 is 0.800 bits per heavy atom. The molecule has 0 amide bonds. The van der Waals surface area contributed by atoms with Crippen LogP contribution in [0.1, 0.15) is 19.8 Å². The van der Waals surface area contributed by atoms with Crippen LogP contribution in [0.15, 0.2) is 36.3 Å². The first kappa shape index (κ1) is 24.4. The van der Waals surface area contributed by atoms with Gasteiger partial charge in [-0.15, -0.1) is 0 Å². The quantitative estimate of drug-likeness (QED) is 0.194. The Morgan fingerprint density at radius 3 is 1.92 bits per heavy atom. The second kappa shape index (κ2) is 21.5. The van der Waals surface area contributed by atoms with Crippen LogP contribution in [0.4, 0.5) is 0 Å². The molecule has 0 aromatic rings. The van der Waals surface area contributed by atoms with Gasteiger partial charge >= 0.3 is 0 Å². The molecule has 0 saturated heterocycles. The van der Waals surface area contributed by atoms with Gasteiger partial charge in [0.2, 0.25) is 0 Å². The van der Waals surface area contributed by atoms with Gasteiger partial charge in [-0.1, -0.05) is 6.08 Å². The molecule has 0 rings (SSSR count). The van der Waals surface area contributed by atoms with Crippen LogP contribution < -0.4 is 0 Å². The zero-order valence-electron chi connectivity index (χ0n) is 15.9. The number of allylic oxidation sites excluding steroid dienone is 2. The van der Waals surface area contributed by atoms with E-state index in [-0.39, 0.29) is 0 Å². The van der Waals surface area contributed by atoms with Gasteiger partial charge in [-0.05, 0) is 61.5 Å². The van der Waals surface area contributed by atoms with Gasteiger partial charge in [0.1, 0.15) is 13.2 Å². The van der Waals surface area contributed by atoms with Crippen LogP contribution in [0.5, 0.6) is 0 Å². The Balaban J connectivity index is 3.36. The molecule has 0 aromatic heterocycles. The van der Waals surface area contributed by atoms with Crippen molar-refractivity contribution in [3.8, 4) is 0 Å². The van der Waals surface area contributed by atoms with Crippen LogP contribution in [-0.4, -0.2) is 63.7 Å². The summed E-state index contributed by atoms with van der Waals surface area (Å²) in [7, 11) is 0. The van der Waals surface area contributed by atoms with Gasteiger partial charge in [-0.25, -0.2) is 0 Å². The summed E-state index contributed by atoms with van der Waals surface area (Å²) in [6.07, 6.45) is 15.9. The Morgan fingerprint density at radius 2 is 1.36 bits per heavy atom. The molecule has 0 radical (unpaired) electrons. The minimum Gasteiger partial charge on any atom is -0.499 e. The Bertz CT molecular complexity index is 357. The maximum absolute atomic E-state index is 5.54. The van der Waals surface area contributed by atoms with E-state index in [2.05, 4.69) is 12.5 Å². The summed E-state index contributed by atoms with van der Waals surface area (Å²) >= 11 is 3.67. The number of rotatable bonds is 18. The lowest BCUT2D eigenvalue weighted by Gasteiger charge is -2.05. The number of thioether (sulfide) groups is 2. The molecule has 25 heavy (non-hydrogen) atoms. The lowest BCUT2D eigenvalue weighted by Crippen LogP contribution is -2.05. The highest BCUT2D eigenvalue weighted by atomic mass is 32.2. The molecule has 0 saturated carbocycles. The highest BCUT2D eigenvalue weighted by Gasteiger charge is 1.92. The fourth-order valence-corrected chi connectivity index (χ4v) is 2.31. The molecular formula is C19H34O4S2. The zero-order valence-corrected chi connectivity index (χ0v) is 17.5. The van der Waals surface area contributed by atoms with E-state index >= 15 is 0 Å². The Kier molecular flexibility index (Phi) is 21.0. The van der Waals surface area contributed by atoms with Crippen molar-refractivity contribution < 1.29 is 18.9 Å². The number of hydrogen-bond acceptors (Lipinski definition) is 6. The maximum atomic E-state index is 5.54. The molecule has 0 aliphatic carbocycles. The zero-order chi connectivity index (χ0) is 18.4. The summed E-state index contributed by atoms with van der Waals surface area (Å²) in [4.78, 5) is 0. The monoisotopic (exact) mass is 390 g/mol. The van der Waals surface area contributed by atoms with E-state index in [1.165, 1.54) is 0 Å². The van der Waals surface area contributed by atoms with E-state index in [0.717, 1.165) is 29.9 Å². The van der Waals surface area contributed by atoms with E-state index in [1.54, 1.807) is 12.5 Å². The van der Waals surface area contributed by atoms with Crippen molar-refractivity contribution >= 4 is 23.5 Å². The second-order valence-corrected chi connectivity index (χ2v) is 7.20. The van der Waals surface area contributed by atoms with E-state index in [4.69, 9.17) is 18.9 Å². The lowest BCUT2D eigenvalue weighted by molar-refractivity contribution is 0.0941. The molecule has 6 heteroatoms. The van der Waals surface area contributed by atoms with Gasteiger partial charge in [0.25, 0.3) is 0 Å². The number of ether oxygens (including phenoxy) is 4. The predicted molar refractivity (Wildman–Crippen MR) is 112 cm³/mol. The largest absolute Gasteiger partial charge is 0.499 e. The Hall–Kier alpha value is -0.560. The molecule has 0 heterocycles. The van der Waals surface area contributed by atoms with E-state index in [9.17, 15) is 0 Å². The summed E-state index contributed by atoms with van der Waals surface area (Å²) in [6.45, 7) is 5.59. The van der Waals surface area contributed by atoms with Gasteiger partial charge in [-0.3, -0.25) is 0 Å². The minimum atomic E-state index is 0.584. The summed E-state index contributed by atoms with van der Waals surface area (Å²) < 4.78 is 21.7. The van der Waals surface area contributed by atoms with Crippen molar-refractivity contribution in [1.82, 2.24) is 0 Å². The second-order valence-electron chi connectivity index (χ2n) is 5.23. The van der Waals surface area contributed by atoms with Crippen LogP contribution in [0.2, 0.25) is 0 Å². The van der Waals surface area contributed by atoms with Crippen molar-refractivity contribution in [2.75, 3.05) is 63.7 Å². The first-order valence-corrected chi connectivity index (χ1v) is 11.4. The standard InChI is InChI=1S/C19H34O4S2/c1-19(18-23-15-14-21-10-5-7-17-25-3)8-11-22-13-12-20-9-4-6-16-24-2/h4-5,8-10H,6-7,11-18H2,1-3H3/b9-4?,10-5?,19-8-. The predicted octanol–water partition coefficient (Wildman–Crippen LogP) is 4.53. The molecule has 0 spiro atoms. The summed E-state index contributed by atoms with van der Waals surface area (Å²) in [5.74, 6) is 2.26. The van der Waals surface area contributed by atoms with Crippen molar-refractivity contribution in [2.45, 2.75) is 19.8 Å².